The molecule has 4 rings (SSSR count). The third kappa shape index (κ3) is 2.60. The van der Waals surface area contributed by atoms with Crippen molar-refractivity contribution >= 4 is 11.5 Å². The van der Waals surface area contributed by atoms with Gasteiger partial charge < -0.3 is 5.32 Å². The molecule has 0 radical (unpaired) electrons. The van der Waals surface area contributed by atoms with E-state index >= 15 is 0 Å². The molecule has 3 heterocycles. The molecule has 0 saturated carbocycles. The number of benzene rings is 1. The van der Waals surface area contributed by atoms with Crippen LogP contribution in [0.15, 0.2) is 55.1 Å². The van der Waals surface area contributed by atoms with Crippen LogP contribution in [-0.2, 0) is 13.6 Å². The lowest BCUT2D eigenvalue weighted by Gasteiger charge is -2.08. The fourth-order valence-electron chi connectivity index (χ4n) is 2.58. The van der Waals surface area contributed by atoms with Crippen LogP contribution in [0.5, 0.6) is 0 Å². The number of hydrogen-bond acceptors (Lipinski definition) is 4. The Hall–Kier alpha value is -3.22. The maximum atomic E-state index is 13.0. The monoisotopic (exact) mass is 322 g/mol. The normalized spacial score (nSPS) is 11.1. The summed E-state index contributed by atoms with van der Waals surface area (Å²) in [6.07, 6.45) is 7.24. The zero-order chi connectivity index (χ0) is 16.5. The molecule has 0 aliphatic rings. The number of aromatic nitrogens is 5. The van der Waals surface area contributed by atoms with Gasteiger partial charge in [-0.1, -0.05) is 12.1 Å². The Labute approximate surface area is 137 Å². The Morgan fingerprint density at radius 2 is 1.92 bits per heavy atom. The quantitative estimate of drug-likeness (QED) is 0.627. The molecule has 0 amide bonds. The van der Waals surface area contributed by atoms with E-state index in [1.165, 1.54) is 12.1 Å². The minimum Gasteiger partial charge on any atom is -0.366 e. The van der Waals surface area contributed by atoms with Gasteiger partial charge in [-0.2, -0.15) is 14.7 Å². The van der Waals surface area contributed by atoms with E-state index in [1.807, 2.05) is 19.3 Å². The zero-order valence-electron chi connectivity index (χ0n) is 13.0. The fraction of sp³-hybridized carbons (Fsp3) is 0.118. The topological polar surface area (TPSA) is 60.0 Å². The summed E-state index contributed by atoms with van der Waals surface area (Å²) < 4.78 is 16.5. The lowest BCUT2D eigenvalue weighted by atomic mass is 10.2. The Morgan fingerprint density at radius 3 is 2.67 bits per heavy atom. The van der Waals surface area contributed by atoms with Crippen molar-refractivity contribution in [2.45, 2.75) is 6.54 Å². The SMILES string of the molecule is Cn1cc(-c2cnn3c(NCc4ccc(F)cc4)ccnc23)cn1. The number of nitrogens with zero attached hydrogens (tertiary/aromatic N) is 5. The number of halogens is 1. The number of aryl methyl sites for hydroxylation is 1. The van der Waals surface area contributed by atoms with Crippen molar-refractivity contribution in [3.8, 4) is 11.1 Å². The van der Waals surface area contributed by atoms with Crippen molar-refractivity contribution in [2.24, 2.45) is 7.05 Å². The van der Waals surface area contributed by atoms with Crippen molar-refractivity contribution in [3.63, 3.8) is 0 Å². The number of hydrogen-bond donors (Lipinski definition) is 1. The Balaban J connectivity index is 1.64. The predicted octanol–water partition coefficient (Wildman–Crippen LogP) is 2.88. The van der Waals surface area contributed by atoms with Crippen molar-refractivity contribution < 1.29 is 4.39 Å². The van der Waals surface area contributed by atoms with Crippen molar-refractivity contribution in [1.29, 1.82) is 0 Å². The summed E-state index contributed by atoms with van der Waals surface area (Å²) >= 11 is 0. The summed E-state index contributed by atoms with van der Waals surface area (Å²) in [5.41, 5.74) is 3.64. The molecular weight excluding hydrogens is 307 g/mol. The molecule has 0 spiro atoms. The molecule has 0 aliphatic carbocycles. The molecule has 0 unspecified atom stereocenters. The number of fused-ring (bicyclic) bond motifs is 1. The van der Waals surface area contributed by atoms with E-state index in [-0.39, 0.29) is 5.82 Å². The molecule has 1 aromatic carbocycles. The summed E-state index contributed by atoms with van der Waals surface area (Å²) in [6, 6.07) is 8.27. The first-order valence-corrected chi connectivity index (χ1v) is 7.51. The maximum Gasteiger partial charge on any atom is 0.165 e. The van der Waals surface area contributed by atoms with Crippen LogP contribution >= 0.6 is 0 Å². The molecule has 6 nitrogen and oxygen atoms in total. The van der Waals surface area contributed by atoms with Crippen LogP contribution in [-0.4, -0.2) is 24.4 Å². The molecule has 24 heavy (non-hydrogen) atoms. The smallest absolute Gasteiger partial charge is 0.165 e. The van der Waals surface area contributed by atoms with Crippen LogP contribution < -0.4 is 5.32 Å². The number of nitrogens with one attached hydrogen (secondary N) is 1. The van der Waals surface area contributed by atoms with Gasteiger partial charge in [-0.05, 0) is 23.8 Å². The van der Waals surface area contributed by atoms with Gasteiger partial charge in [0.15, 0.2) is 5.65 Å². The third-order valence-electron chi connectivity index (χ3n) is 3.80. The van der Waals surface area contributed by atoms with Crippen molar-refractivity contribution in [3.05, 3.63) is 66.5 Å². The van der Waals surface area contributed by atoms with Gasteiger partial charge in [0.25, 0.3) is 0 Å². The van der Waals surface area contributed by atoms with Crippen LogP contribution in [0.25, 0.3) is 16.8 Å². The van der Waals surface area contributed by atoms with Crippen LogP contribution in [0.1, 0.15) is 5.56 Å². The van der Waals surface area contributed by atoms with Gasteiger partial charge in [-0.3, -0.25) is 4.68 Å². The van der Waals surface area contributed by atoms with E-state index in [4.69, 9.17) is 0 Å². The summed E-state index contributed by atoms with van der Waals surface area (Å²) in [6.45, 7) is 0.571. The highest BCUT2D eigenvalue weighted by atomic mass is 19.1. The minimum atomic E-state index is -0.238. The minimum absolute atomic E-state index is 0.238. The van der Waals surface area contributed by atoms with Gasteiger partial charge in [0, 0.05) is 37.1 Å². The maximum absolute atomic E-state index is 13.0. The van der Waals surface area contributed by atoms with Crippen molar-refractivity contribution in [1.82, 2.24) is 24.4 Å². The first-order valence-electron chi connectivity index (χ1n) is 7.51. The van der Waals surface area contributed by atoms with Crippen LogP contribution in [0.4, 0.5) is 10.2 Å². The van der Waals surface area contributed by atoms with Gasteiger partial charge in [-0.15, -0.1) is 0 Å². The number of rotatable bonds is 4. The molecule has 0 bridgehead atoms. The highest BCUT2D eigenvalue weighted by Gasteiger charge is 2.11. The van der Waals surface area contributed by atoms with Crippen LogP contribution in [0.2, 0.25) is 0 Å². The zero-order valence-corrected chi connectivity index (χ0v) is 13.0. The third-order valence-corrected chi connectivity index (χ3v) is 3.80. The lowest BCUT2D eigenvalue weighted by molar-refractivity contribution is 0.627. The first-order chi connectivity index (χ1) is 11.7. The predicted molar refractivity (Wildman–Crippen MR) is 88.9 cm³/mol. The van der Waals surface area contributed by atoms with Gasteiger partial charge in [-0.25, -0.2) is 9.37 Å². The summed E-state index contributed by atoms with van der Waals surface area (Å²) in [5.74, 6) is 0.581. The van der Waals surface area contributed by atoms with E-state index in [9.17, 15) is 4.39 Å². The van der Waals surface area contributed by atoms with Crippen molar-refractivity contribution in [2.75, 3.05) is 5.32 Å². The second-order valence-electron chi connectivity index (χ2n) is 5.51. The Kier molecular flexibility index (Phi) is 3.45. The first kappa shape index (κ1) is 14.4. The second kappa shape index (κ2) is 5.77. The molecular formula is C17H15FN6. The summed E-state index contributed by atoms with van der Waals surface area (Å²) in [4.78, 5) is 4.43. The summed E-state index contributed by atoms with van der Waals surface area (Å²) in [5, 5.41) is 11.9. The van der Waals surface area contributed by atoms with Crippen LogP contribution in [0, 0.1) is 5.82 Å². The molecule has 0 aliphatic heterocycles. The molecule has 3 aromatic heterocycles. The second-order valence-corrected chi connectivity index (χ2v) is 5.51. The molecule has 0 fully saturated rings. The van der Waals surface area contributed by atoms with E-state index < -0.39 is 0 Å². The van der Waals surface area contributed by atoms with Gasteiger partial charge in [0.05, 0.1) is 12.4 Å². The average Bonchev–Trinajstić information content (AvgIpc) is 3.20. The average molecular weight is 322 g/mol. The Morgan fingerprint density at radius 1 is 1.08 bits per heavy atom. The summed E-state index contributed by atoms with van der Waals surface area (Å²) in [7, 11) is 1.87. The van der Waals surface area contributed by atoms with E-state index in [0.29, 0.717) is 6.54 Å². The molecule has 1 N–H and O–H groups in total. The molecule has 4 aromatic rings. The van der Waals surface area contributed by atoms with Crippen LogP contribution in [0.3, 0.4) is 0 Å². The highest BCUT2D eigenvalue weighted by molar-refractivity contribution is 5.77. The lowest BCUT2D eigenvalue weighted by Crippen LogP contribution is -2.05. The van der Waals surface area contributed by atoms with E-state index in [2.05, 4.69) is 20.5 Å². The Bertz CT molecular complexity index is 986. The van der Waals surface area contributed by atoms with E-state index in [1.54, 1.807) is 39.9 Å². The standard InChI is InChI=1S/C17H15FN6/c1-23-11-13(9-21-23)15-10-22-24-16(6-7-19-17(15)24)20-8-12-2-4-14(18)5-3-12/h2-7,9-11,20H,8H2,1H3. The largest absolute Gasteiger partial charge is 0.366 e. The molecule has 120 valence electrons. The van der Waals surface area contributed by atoms with Gasteiger partial charge >= 0.3 is 0 Å². The molecule has 7 heteroatoms. The highest BCUT2D eigenvalue weighted by Crippen LogP contribution is 2.24. The molecule has 0 saturated heterocycles. The van der Waals surface area contributed by atoms with Gasteiger partial charge in [0.2, 0.25) is 0 Å². The van der Waals surface area contributed by atoms with E-state index in [0.717, 1.165) is 28.2 Å². The van der Waals surface area contributed by atoms with Gasteiger partial charge in [0.1, 0.15) is 11.6 Å². The number of anilines is 1. The fourth-order valence-corrected chi connectivity index (χ4v) is 2.58. The molecule has 0 atom stereocenters.